The third-order valence-corrected chi connectivity index (χ3v) is 3.97. The summed E-state index contributed by atoms with van der Waals surface area (Å²) in [5.74, 6) is -0.747. The Balaban J connectivity index is 1.64. The maximum atomic E-state index is 12.8. The summed E-state index contributed by atoms with van der Waals surface area (Å²) in [6, 6.07) is 13.4. The molecule has 0 heterocycles. The van der Waals surface area contributed by atoms with Gasteiger partial charge in [0.1, 0.15) is 5.82 Å². The summed E-state index contributed by atoms with van der Waals surface area (Å²) >= 11 is 0. The number of carbonyl (C=O) groups excluding carboxylic acids is 2. The molecule has 3 rings (SSSR count). The summed E-state index contributed by atoms with van der Waals surface area (Å²) in [6.07, 6.45) is 0.823. The van der Waals surface area contributed by atoms with Gasteiger partial charge in [0.25, 0.3) is 0 Å². The predicted octanol–water partition coefficient (Wildman–Crippen LogP) is 2.89. The van der Waals surface area contributed by atoms with Crippen molar-refractivity contribution < 1.29 is 14.0 Å². The average molecular weight is 297 g/mol. The van der Waals surface area contributed by atoms with Crippen molar-refractivity contribution in [3.05, 3.63) is 71.0 Å². The number of rotatable bonds is 3. The summed E-state index contributed by atoms with van der Waals surface area (Å²) in [6.45, 7) is 0.339. The van der Waals surface area contributed by atoms with E-state index < -0.39 is 0 Å². The number of benzene rings is 2. The third kappa shape index (κ3) is 3.06. The number of amides is 1. The van der Waals surface area contributed by atoms with Gasteiger partial charge in [-0.2, -0.15) is 0 Å². The van der Waals surface area contributed by atoms with Crippen LogP contribution in [0.15, 0.2) is 48.5 Å². The van der Waals surface area contributed by atoms with E-state index in [4.69, 9.17) is 0 Å². The minimum absolute atomic E-state index is 0.0174. The summed E-state index contributed by atoms with van der Waals surface area (Å²) in [5, 5.41) is 2.83. The van der Waals surface area contributed by atoms with Crippen molar-refractivity contribution in [2.45, 2.75) is 19.4 Å². The Morgan fingerprint density at radius 3 is 2.59 bits per heavy atom. The van der Waals surface area contributed by atoms with Gasteiger partial charge in [0.2, 0.25) is 5.91 Å². The van der Waals surface area contributed by atoms with E-state index in [0.29, 0.717) is 13.0 Å². The topological polar surface area (TPSA) is 46.2 Å². The van der Waals surface area contributed by atoms with Gasteiger partial charge in [0.05, 0.1) is 0 Å². The molecule has 112 valence electrons. The Morgan fingerprint density at radius 1 is 1.09 bits per heavy atom. The van der Waals surface area contributed by atoms with Crippen molar-refractivity contribution in [1.82, 2.24) is 5.32 Å². The fourth-order valence-corrected chi connectivity index (χ4v) is 2.76. The Labute approximate surface area is 128 Å². The molecule has 0 fully saturated rings. The smallest absolute Gasteiger partial charge is 0.224 e. The minimum Gasteiger partial charge on any atom is -0.352 e. The second-order valence-electron chi connectivity index (χ2n) is 5.53. The van der Waals surface area contributed by atoms with Crippen molar-refractivity contribution in [3.8, 4) is 0 Å². The van der Waals surface area contributed by atoms with E-state index in [-0.39, 0.29) is 29.8 Å². The van der Waals surface area contributed by atoms with Gasteiger partial charge in [-0.1, -0.05) is 36.4 Å². The minimum atomic E-state index is -0.331. The first-order chi connectivity index (χ1) is 10.6. The Bertz CT molecular complexity index is 709. The van der Waals surface area contributed by atoms with E-state index in [2.05, 4.69) is 5.32 Å². The van der Waals surface area contributed by atoms with Crippen molar-refractivity contribution in [2.24, 2.45) is 5.92 Å². The van der Waals surface area contributed by atoms with E-state index in [1.807, 2.05) is 24.3 Å². The van der Waals surface area contributed by atoms with Crippen molar-refractivity contribution >= 4 is 11.7 Å². The molecule has 0 saturated heterocycles. The number of nitrogens with one attached hydrogen (secondary N) is 1. The fourth-order valence-electron chi connectivity index (χ4n) is 2.76. The SMILES string of the molecule is O=C1CC(C(=O)NCc2ccc(F)cc2)Cc2ccccc21. The van der Waals surface area contributed by atoms with Gasteiger partial charge in [-0.25, -0.2) is 4.39 Å². The maximum Gasteiger partial charge on any atom is 0.224 e. The Morgan fingerprint density at radius 2 is 1.82 bits per heavy atom. The lowest BCUT2D eigenvalue weighted by molar-refractivity contribution is -0.125. The third-order valence-electron chi connectivity index (χ3n) is 3.97. The lowest BCUT2D eigenvalue weighted by Crippen LogP contribution is -2.35. The van der Waals surface area contributed by atoms with Crippen LogP contribution < -0.4 is 5.32 Å². The van der Waals surface area contributed by atoms with Crippen LogP contribution in [0.2, 0.25) is 0 Å². The van der Waals surface area contributed by atoms with Gasteiger partial charge in [-0.15, -0.1) is 0 Å². The number of Topliss-reactive ketones (excluding diaryl/α,β-unsaturated/α-hetero) is 1. The highest BCUT2D eigenvalue weighted by Crippen LogP contribution is 2.25. The molecule has 0 spiro atoms. The summed E-state index contributed by atoms with van der Waals surface area (Å²) in [4.78, 5) is 24.3. The summed E-state index contributed by atoms with van der Waals surface area (Å²) in [7, 11) is 0. The molecular formula is C18H16FNO2. The van der Waals surface area contributed by atoms with E-state index in [1.165, 1.54) is 12.1 Å². The lowest BCUT2D eigenvalue weighted by Gasteiger charge is -2.22. The first-order valence-corrected chi connectivity index (χ1v) is 7.27. The predicted molar refractivity (Wildman–Crippen MR) is 80.8 cm³/mol. The highest BCUT2D eigenvalue weighted by Gasteiger charge is 2.29. The molecule has 0 aromatic heterocycles. The van der Waals surface area contributed by atoms with Gasteiger partial charge < -0.3 is 5.32 Å². The molecule has 1 unspecified atom stereocenters. The Hall–Kier alpha value is -2.49. The van der Waals surface area contributed by atoms with E-state index in [1.54, 1.807) is 12.1 Å². The zero-order chi connectivity index (χ0) is 15.5. The van der Waals surface area contributed by atoms with Crippen LogP contribution in [0.3, 0.4) is 0 Å². The molecule has 2 aromatic carbocycles. The first-order valence-electron chi connectivity index (χ1n) is 7.27. The zero-order valence-electron chi connectivity index (χ0n) is 12.0. The van der Waals surface area contributed by atoms with E-state index in [9.17, 15) is 14.0 Å². The van der Waals surface area contributed by atoms with Gasteiger partial charge in [0, 0.05) is 24.4 Å². The van der Waals surface area contributed by atoms with Crippen LogP contribution in [0.25, 0.3) is 0 Å². The normalized spacial score (nSPS) is 17.0. The van der Waals surface area contributed by atoms with Gasteiger partial charge >= 0.3 is 0 Å². The molecule has 0 radical (unpaired) electrons. The van der Waals surface area contributed by atoms with E-state index >= 15 is 0 Å². The molecular weight excluding hydrogens is 281 g/mol. The number of ketones is 1. The number of fused-ring (bicyclic) bond motifs is 1. The number of carbonyl (C=O) groups is 2. The molecule has 1 aliphatic rings. The largest absolute Gasteiger partial charge is 0.352 e. The van der Waals surface area contributed by atoms with Crippen LogP contribution in [-0.4, -0.2) is 11.7 Å². The highest BCUT2D eigenvalue weighted by atomic mass is 19.1. The highest BCUT2D eigenvalue weighted by molar-refractivity contribution is 6.01. The molecule has 0 saturated carbocycles. The monoisotopic (exact) mass is 297 g/mol. The second-order valence-corrected chi connectivity index (χ2v) is 5.53. The molecule has 1 N–H and O–H groups in total. The summed E-state index contributed by atoms with van der Waals surface area (Å²) < 4.78 is 12.8. The quantitative estimate of drug-likeness (QED) is 0.947. The van der Waals surface area contributed by atoms with Crippen molar-refractivity contribution in [1.29, 1.82) is 0 Å². The molecule has 0 bridgehead atoms. The van der Waals surface area contributed by atoms with Crippen molar-refractivity contribution in [3.63, 3.8) is 0 Å². The number of halogens is 1. The first kappa shape index (κ1) is 14.4. The van der Waals surface area contributed by atoms with Crippen LogP contribution in [0, 0.1) is 11.7 Å². The second kappa shape index (κ2) is 6.10. The molecule has 1 amide bonds. The van der Waals surface area contributed by atoms with Gasteiger partial charge in [-0.3, -0.25) is 9.59 Å². The van der Waals surface area contributed by atoms with Crippen LogP contribution >= 0.6 is 0 Å². The maximum absolute atomic E-state index is 12.8. The van der Waals surface area contributed by atoms with E-state index in [0.717, 1.165) is 16.7 Å². The van der Waals surface area contributed by atoms with Gasteiger partial charge in [0.15, 0.2) is 5.78 Å². The summed E-state index contributed by atoms with van der Waals surface area (Å²) in [5.41, 5.74) is 2.49. The molecule has 1 aliphatic carbocycles. The zero-order valence-corrected chi connectivity index (χ0v) is 12.0. The molecule has 0 aliphatic heterocycles. The van der Waals surface area contributed by atoms with Crippen LogP contribution in [0.4, 0.5) is 4.39 Å². The Kier molecular flexibility index (Phi) is 4.00. The van der Waals surface area contributed by atoms with Crippen LogP contribution in [0.1, 0.15) is 27.9 Å². The molecule has 4 heteroatoms. The molecule has 2 aromatic rings. The standard InChI is InChI=1S/C18H16FNO2/c19-15-7-5-12(6-8-15)11-20-18(22)14-9-13-3-1-2-4-16(13)17(21)10-14/h1-8,14H,9-11H2,(H,20,22). The van der Waals surface area contributed by atoms with Crippen LogP contribution in [-0.2, 0) is 17.8 Å². The molecule has 1 atom stereocenters. The fraction of sp³-hybridized carbons (Fsp3) is 0.222. The number of hydrogen-bond acceptors (Lipinski definition) is 2. The average Bonchev–Trinajstić information content (AvgIpc) is 2.54. The van der Waals surface area contributed by atoms with Crippen molar-refractivity contribution in [2.75, 3.05) is 0 Å². The lowest BCUT2D eigenvalue weighted by atomic mass is 9.82. The van der Waals surface area contributed by atoms with Crippen LogP contribution in [0.5, 0.6) is 0 Å². The molecule has 3 nitrogen and oxygen atoms in total. The number of hydrogen-bond donors (Lipinski definition) is 1. The molecule has 22 heavy (non-hydrogen) atoms. The van der Waals surface area contributed by atoms with Gasteiger partial charge in [-0.05, 0) is 29.7 Å².